The SMILES string of the molecule is [C-]#[N+]C1(c2ccc(OC(F)(F)F)cc2)CC1. The molecule has 2 nitrogen and oxygen atoms in total. The molecule has 0 atom stereocenters. The first-order valence-electron chi connectivity index (χ1n) is 4.70. The van der Waals surface area contributed by atoms with Crippen LogP contribution >= 0.6 is 0 Å². The summed E-state index contributed by atoms with van der Waals surface area (Å²) in [7, 11) is 0. The van der Waals surface area contributed by atoms with Gasteiger partial charge in [-0.3, -0.25) is 0 Å². The number of hydrogen-bond acceptors (Lipinski definition) is 1. The maximum absolute atomic E-state index is 11.9. The Morgan fingerprint density at radius 3 is 2.12 bits per heavy atom. The van der Waals surface area contributed by atoms with Crippen LogP contribution < -0.4 is 4.74 Å². The van der Waals surface area contributed by atoms with Gasteiger partial charge in [0.05, 0.1) is 0 Å². The van der Waals surface area contributed by atoms with Crippen LogP contribution in [-0.4, -0.2) is 6.36 Å². The van der Waals surface area contributed by atoms with E-state index in [1.54, 1.807) is 0 Å². The summed E-state index contributed by atoms with van der Waals surface area (Å²) in [5.41, 5.74) is 0.272. The molecule has 1 aromatic carbocycles. The number of rotatable bonds is 2. The first kappa shape index (κ1) is 10.8. The van der Waals surface area contributed by atoms with Gasteiger partial charge in [-0.1, -0.05) is 0 Å². The van der Waals surface area contributed by atoms with Crippen LogP contribution in [0.1, 0.15) is 18.4 Å². The minimum atomic E-state index is -4.67. The van der Waals surface area contributed by atoms with E-state index in [1.165, 1.54) is 24.3 Å². The Labute approximate surface area is 90.5 Å². The summed E-state index contributed by atoms with van der Waals surface area (Å²) in [5, 5.41) is 0. The van der Waals surface area contributed by atoms with Gasteiger partial charge in [0.1, 0.15) is 5.75 Å². The zero-order chi connectivity index (χ0) is 11.8. The van der Waals surface area contributed by atoms with E-state index in [2.05, 4.69) is 9.58 Å². The fraction of sp³-hybridized carbons (Fsp3) is 0.364. The molecular formula is C11H8F3NO. The number of nitrogens with zero attached hydrogens (tertiary/aromatic N) is 1. The third-order valence-electron chi connectivity index (χ3n) is 2.56. The van der Waals surface area contributed by atoms with Crippen LogP contribution in [0.3, 0.4) is 0 Å². The molecule has 0 bridgehead atoms. The van der Waals surface area contributed by atoms with Gasteiger partial charge in [-0.15, -0.1) is 13.2 Å². The molecule has 1 fully saturated rings. The van der Waals surface area contributed by atoms with Crippen molar-refractivity contribution in [1.82, 2.24) is 0 Å². The minimum Gasteiger partial charge on any atom is -0.406 e. The molecule has 0 saturated heterocycles. The van der Waals surface area contributed by atoms with Crippen molar-refractivity contribution in [2.24, 2.45) is 0 Å². The van der Waals surface area contributed by atoms with Gasteiger partial charge in [0.25, 0.3) is 5.54 Å². The molecule has 5 heteroatoms. The standard InChI is InChI=1S/C11H8F3NO/c1-15-10(6-7-10)8-2-4-9(5-3-8)16-11(12,13)14/h2-5H,6-7H2. The van der Waals surface area contributed by atoms with E-state index in [0.29, 0.717) is 0 Å². The lowest BCUT2D eigenvalue weighted by atomic mass is 10.1. The topological polar surface area (TPSA) is 13.6 Å². The molecule has 0 spiro atoms. The summed E-state index contributed by atoms with van der Waals surface area (Å²) in [6.45, 7) is 7.02. The van der Waals surface area contributed by atoms with Gasteiger partial charge in [0.2, 0.25) is 0 Å². The quantitative estimate of drug-likeness (QED) is 0.705. The zero-order valence-corrected chi connectivity index (χ0v) is 8.21. The monoisotopic (exact) mass is 227 g/mol. The summed E-state index contributed by atoms with van der Waals surface area (Å²) >= 11 is 0. The maximum atomic E-state index is 11.9. The fourth-order valence-electron chi connectivity index (χ4n) is 1.55. The highest BCUT2D eigenvalue weighted by Gasteiger charge is 2.52. The van der Waals surface area contributed by atoms with E-state index >= 15 is 0 Å². The van der Waals surface area contributed by atoms with Crippen LogP contribution in [-0.2, 0) is 5.54 Å². The highest BCUT2D eigenvalue weighted by molar-refractivity contribution is 5.38. The average Bonchev–Trinajstić information content (AvgIpc) is 2.97. The van der Waals surface area contributed by atoms with Crippen molar-refractivity contribution in [1.29, 1.82) is 0 Å². The molecule has 0 N–H and O–H groups in total. The van der Waals surface area contributed by atoms with E-state index < -0.39 is 11.9 Å². The first-order chi connectivity index (χ1) is 7.45. The number of halogens is 3. The molecule has 84 valence electrons. The second kappa shape index (κ2) is 3.41. The second-order valence-electron chi connectivity index (χ2n) is 3.72. The summed E-state index contributed by atoms with van der Waals surface area (Å²) < 4.78 is 39.4. The summed E-state index contributed by atoms with van der Waals surface area (Å²) in [6.07, 6.45) is -3.12. The smallest absolute Gasteiger partial charge is 0.406 e. The van der Waals surface area contributed by atoms with Crippen molar-refractivity contribution in [2.45, 2.75) is 24.7 Å². The highest BCUT2D eigenvalue weighted by atomic mass is 19.4. The Morgan fingerprint density at radius 2 is 1.75 bits per heavy atom. The van der Waals surface area contributed by atoms with Crippen molar-refractivity contribution in [3.05, 3.63) is 41.2 Å². The van der Waals surface area contributed by atoms with Gasteiger partial charge in [0.15, 0.2) is 0 Å². The van der Waals surface area contributed by atoms with Crippen LogP contribution in [0, 0.1) is 6.57 Å². The summed E-state index contributed by atoms with van der Waals surface area (Å²) in [5.74, 6) is -0.253. The van der Waals surface area contributed by atoms with Crippen LogP contribution in [0.15, 0.2) is 24.3 Å². The van der Waals surface area contributed by atoms with Crippen LogP contribution in [0.25, 0.3) is 4.85 Å². The Kier molecular flexibility index (Phi) is 2.30. The van der Waals surface area contributed by atoms with E-state index in [4.69, 9.17) is 6.57 Å². The molecule has 1 aliphatic carbocycles. The van der Waals surface area contributed by atoms with Crippen molar-refractivity contribution in [3.8, 4) is 5.75 Å². The lowest BCUT2D eigenvalue weighted by molar-refractivity contribution is -0.274. The minimum absolute atomic E-state index is 0.253. The van der Waals surface area contributed by atoms with Crippen molar-refractivity contribution in [3.63, 3.8) is 0 Å². The van der Waals surface area contributed by atoms with Gasteiger partial charge >= 0.3 is 6.36 Å². The number of hydrogen-bond donors (Lipinski definition) is 0. The molecule has 0 amide bonds. The van der Waals surface area contributed by atoms with E-state index in [0.717, 1.165) is 18.4 Å². The molecular weight excluding hydrogens is 219 g/mol. The van der Waals surface area contributed by atoms with E-state index in [9.17, 15) is 13.2 Å². The average molecular weight is 227 g/mol. The largest absolute Gasteiger partial charge is 0.573 e. The molecule has 0 aliphatic heterocycles. The van der Waals surface area contributed by atoms with Crippen LogP contribution in [0.2, 0.25) is 0 Å². The number of ether oxygens (including phenoxy) is 1. The molecule has 1 aromatic rings. The van der Waals surface area contributed by atoms with E-state index in [1.807, 2.05) is 0 Å². The molecule has 0 unspecified atom stereocenters. The molecule has 0 radical (unpaired) electrons. The van der Waals surface area contributed by atoms with Crippen molar-refractivity contribution < 1.29 is 17.9 Å². The molecule has 1 aliphatic rings. The van der Waals surface area contributed by atoms with Crippen LogP contribution in [0.4, 0.5) is 13.2 Å². The second-order valence-corrected chi connectivity index (χ2v) is 3.72. The third-order valence-corrected chi connectivity index (χ3v) is 2.56. The number of benzene rings is 1. The Morgan fingerprint density at radius 1 is 1.19 bits per heavy atom. The highest BCUT2D eigenvalue weighted by Crippen LogP contribution is 2.49. The third kappa shape index (κ3) is 2.11. The molecule has 0 aromatic heterocycles. The van der Waals surface area contributed by atoms with Crippen molar-refractivity contribution in [2.75, 3.05) is 0 Å². The lowest BCUT2D eigenvalue weighted by Gasteiger charge is -2.09. The molecule has 2 rings (SSSR count). The zero-order valence-electron chi connectivity index (χ0n) is 8.21. The fourth-order valence-corrected chi connectivity index (χ4v) is 1.55. The van der Waals surface area contributed by atoms with E-state index in [-0.39, 0.29) is 5.75 Å². The van der Waals surface area contributed by atoms with Gasteiger partial charge in [-0.05, 0) is 24.3 Å². The van der Waals surface area contributed by atoms with Gasteiger partial charge in [0, 0.05) is 18.4 Å². The Hall–Kier alpha value is -1.70. The molecule has 0 heterocycles. The lowest BCUT2D eigenvalue weighted by Crippen LogP contribution is -2.17. The predicted molar refractivity (Wildman–Crippen MR) is 50.6 cm³/mol. The number of alkyl halides is 3. The normalized spacial score (nSPS) is 17.6. The summed E-state index contributed by atoms with van der Waals surface area (Å²) in [4.78, 5) is 3.49. The first-order valence-corrected chi connectivity index (χ1v) is 4.70. The summed E-state index contributed by atoms with van der Waals surface area (Å²) in [6, 6.07) is 5.53. The van der Waals surface area contributed by atoms with Crippen LogP contribution in [0.5, 0.6) is 5.75 Å². The van der Waals surface area contributed by atoms with Gasteiger partial charge in [-0.25, -0.2) is 6.57 Å². The predicted octanol–water partition coefficient (Wildman–Crippen LogP) is 3.49. The van der Waals surface area contributed by atoms with Gasteiger partial charge < -0.3 is 9.58 Å². The van der Waals surface area contributed by atoms with Crippen molar-refractivity contribution >= 4 is 0 Å². The Bertz CT molecular complexity index is 426. The van der Waals surface area contributed by atoms with Gasteiger partial charge in [-0.2, -0.15) is 0 Å². The Balaban J connectivity index is 2.15. The molecule has 1 saturated carbocycles. The maximum Gasteiger partial charge on any atom is 0.573 e. The molecule has 16 heavy (non-hydrogen) atoms.